The van der Waals surface area contributed by atoms with Crippen molar-refractivity contribution >= 4 is 11.7 Å². The van der Waals surface area contributed by atoms with E-state index in [0.29, 0.717) is 17.8 Å². The summed E-state index contributed by atoms with van der Waals surface area (Å²) in [6, 6.07) is 4.19. The highest BCUT2D eigenvalue weighted by atomic mass is 16.6. The van der Waals surface area contributed by atoms with Crippen molar-refractivity contribution in [3.8, 4) is 11.3 Å². The van der Waals surface area contributed by atoms with Crippen LogP contribution in [-0.2, 0) is 11.3 Å². The first-order valence-corrected chi connectivity index (χ1v) is 6.34. The number of ether oxygens (including phenoxy) is 1. The molecule has 0 radical (unpaired) electrons. The average Bonchev–Trinajstić information content (AvgIpc) is 2.94. The van der Waals surface area contributed by atoms with Crippen LogP contribution in [-0.4, -0.2) is 33.0 Å². The van der Waals surface area contributed by atoms with Crippen molar-refractivity contribution in [2.45, 2.75) is 19.9 Å². The number of rotatable bonds is 5. The van der Waals surface area contributed by atoms with Crippen molar-refractivity contribution in [1.82, 2.24) is 15.0 Å². The molecular weight excluding hydrogens is 276 g/mol. The van der Waals surface area contributed by atoms with Gasteiger partial charge in [0.1, 0.15) is 0 Å². The molecule has 1 aromatic heterocycles. The fraction of sp³-hybridized carbons (Fsp3) is 0.308. The lowest BCUT2D eigenvalue weighted by molar-refractivity contribution is -0.384. The smallest absolute Gasteiger partial charge is 0.338 e. The minimum Gasteiger partial charge on any atom is -0.465 e. The van der Waals surface area contributed by atoms with E-state index in [1.807, 2.05) is 6.92 Å². The SMILES string of the molecule is CCCn1nncc1-c1ccc(C(=O)OC)cc1[N+](=O)[O-]. The largest absolute Gasteiger partial charge is 0.465 e. The van der Waals surface area contributed by atoms with E-state index in [2.05, 4.69) is 15.0 Å². The molecule has 1 heterocycles. The van der Waals surface area contributed by atoms with Crippen molar-refractivity contribution in [1.29, 1.82) is 0 Å². The first-order valence-electron chi connectivity index (χ1n) is 6.34. The summed E-state index contributed by atoms with van der Waals surface area (Å²) in [6.45, 7) is 2.57. The van der Waals surface area contributed by atoms with Gasteiger partial charge in [-0.1, -0.05) is 12.1 Å². The molecule has 21 heavy (non-hydrogen) atoms. The lowest BCUT2D eigenvalue weighted by Crippen LogP contribution is -2.05. The van der Waals surface area contributed by atoms with E-state index in [1.165, 1.54) is 31.5 Å². The van der Waals surface area contributed by atoms with E-state index in [9.17, 15) is 14.9 Å². The number of nitro benzene ring substituents is 1. The Morgan fingerprint density at radius 1 is 1.48 bits per heavy atom. The zero-order chi connectivity index (χ0) is 15.4. The van der Waals surface area contributed by atoms with E-state index in [0.717, 1.165) is 6.42 Å². The summed E-state index contributed by atoms with van der Waals surface area (Å²) in [5.74, 6) is -0.621. The molecule has 2 aromatic rings. The summed E-state index contributed by atoms with van der Waals surface area (Å²) in [4.78, 5) is 22.2. The topological polar surface area (TPSA) is 100 Å². The molecular formula is C13H14N4O4. The van der Waals surface area contributed by atoms with Crippen LogP contribution in [0.2, 0.25) is 0 Å². The van der Waals surface area contributed by atoms with Crippen molar-refractivity contribution in [3.63, 3.8) is 0 Å². The van der Waals surface area contributed by atoms with Gasteiger partial charge in [0.05, 0.1) is 35.1 Å². The van der Waals surface area contributed by atoms with Gasteiger partial charge < -0.3 is 4.74 Å². The number of nitro groups is 1. The minimum absolute atomic E-state index is 0.127. The van der Waals surface area contributed by atoms with E-state index in [-0.39, 0.29) is 11.3 Å². The molecule has 0 N–H and O–H groups in total. The molecule has 1 aromatic carbocycles. The van der Waals surface area contributed by atoms with Gasteiger partial charge >= 0.3 is 5.97 Å². The number of hydrogen-bond donors (Lipinski definition) is 0. The van der Waals surface area contributed by atoms with E-state index >= 15 is 0 Å². The van der Waals surface area contributed by atoms with Gasteiger partial charge in [-0.25, -0.2) is 9.48 Å². The molecule has 0 fully saturated rings. The molecule has 0 unspecified atom stereocenters. The number of aromatic nitrogens is 3. The van der Waals surface area contributed by atoms with Crippen molar-refractivity contribution in [2.75, 3.05) is 7.11 Å². The Hall–Kier alpha value is -2.77. The number of benzene rings is 1. The van der Waals surface area contributed by atoms with Crippen molar-refractivity contribution in [2.24, 2.45) is 0 Å². The molecule has 0 aliphatic heterocycles. The summed E-state index contributed by atoms with van der Waals surface area (Å²) in [5.41, 5.74) is 0.853. The molecule has 110 valence electrons. The maximum atomic E-state index is 11.5. The van der Waals surface area contributed by atoms with Crippen LogP contribution in [0.15, 0.2) is 24.4 Å². The lowest BCUT2D eigenvalue weighted by Gasteiger charge is -2.07. The molecule has 0 aliphatic carbocycles. The Labute approximate surface area is 120 Å². The second-order valence-corrected chi connectivity index (χ2v) is 4.32. The van der Waals surface area contributed by atoms with Gasteiger partial charge in [0.25, 0.3) is 5.69 Å². The van der Waals surface area contributed by atoms with Gasteiger partial charge in [0.15, 0.2) is 0 Å². The summed E-state index contributed by atoms with van der Waals surface area (Å²) in [7, 11) is 1.22. The fourth-order valence-electron chi connectivity index (χ4n) is 1.99. The third-order valence-corrected chi connectivity index (χ3v) is 2.94. The monoisotopic (exact) mass is 290 g/mol. The number of carbonyl (C=O) groups excluding carboxylic acids is 1. The molecule has 0 bridgehead atoms. The van der Waals surface area contributed by atoms with Gasteiger partial charge in [-0.05, 0) is 18.6 Å². The Morgan fingerprint density at radius 3 is 2.86 bits per heavy atom. The zero-order valence-corrected chi connectivity index (χ0v) is 11.6. The van der Waals surface area contributed by atoms with Crippen LogP contribution in [0.5, 0.6) is 0 Å². The highest BCUT2D eigenvalue weighted by Gasteiger charge is 2.21. The van der Waals surface area contributed by atoms with Gasteiger partial charge in [-0.3, -0.25) is 10.1 Å². The number of nitrogens with zero attached hydrogens (tertiary/aromatic N) is 4. The second kappa shape index (κ2) is 6.12. The molecule has 0 atom stereocenters. The van der Waals surface area contributed by atoms with Crippen molar-refractivity contribution in [3.05, 3.63) is 40.1 Å². The Morgan fingerprint density at radius 2 is 2.24 bits per heavy atom. The Bertz CT molecular complexity index is 681. The molecule has 8 nitrogen and oxygen atoms in total. The first kappa shape index (κ1) is 14.6. The van der Waals surface area contributed by atoms with Crippen LogP contribution in [0, 0.1) is 10.1 Å². The van der Waals surface area contributed by atoms with Gasteiger partial charge in [0, 0.05) is 12.6 Å². The summed E-state index contributed by atoms with van der Waals surface area (Å²) < 4.78 is 6.17. The average molecular weight is 290 g/mol. The highest BCUT2D eigenvalue weighted by Crippen LogP contribution is 2.30. The number of esters is 1. The summed E-state index contributed by atoms with van der Waals surface area (Å²) in [6.07, 6.45) is 2.29. The third-order valence-electron chi connectivity index (χ3n) is 2.94. The molecule has 0 saturated carbocycles. The Kier molecular flexibility index (Phi) is 4.27. The standard InChI is InChI=1S/C13H14N4O4/c1-3-6-16-12(8-14-15-16)10-5-4-9(13(18)21-2)7-11(10)17(19)20/h4-5,7-8H,3,6H2,1-2H3. The second-order valence-electron chi connectivity index (χ2n) is 4.32. The number of hydrogen-bond acceptors (Lipinski definition) is 6. The van der Waals surface area contributed by atoms with E-state index in [4.69, 9.17) is 0 Å². The van der Waals surface area contributed by atoms with Crippen LogP contribution < -0.4 is 0 Å². The fourth-order valence-corrected chi connectivity index (χ4v) is 1.99. The van der Waals surface area contributed by atoms with E-state index < -0.39 is 10.9 Å². The summed E-state index contributed by atoms with van der Waals surface area (Å²) in [5, 5.41) is 19.0. The van der Waals surface area contributed by atoms with E-state index in [1.54, 1.807) is 4.68 Å². The normalized spacial score (nSPS) is 10.4. The number of aryl methyl sites for hydroxylation is 1. The summed E-state index contributed by atoms with van der Waals surface area (Å²) >= 11 is 0. The number of carbonyl (C=O) groups is 1. The molecule has 0 saturated heterocycles. The quantitative estimate of drug-likeness (QED) is 0.474. The molecule has 0 amide bonds. The predicted octanol–water partition coefficient (Wildman–Crippen LogP) is 2.05. The van der Waals surface area contributed by atoms with Gasteiger partial charge in [-0.2, -0.15) is 0 Å². The van der Waals surface area contributed by atoms with Crippen LogP contribution >= 0.6 is 0 Å². The zero-order valence-electron chi connectivity index (χ0n) is 11.6. The molecule has 0 spiro atoms. The van der Waals surface area contributed by atoms with Crippen LogP contribution in [0.25, 0.3) is 11.3 Å². The van der Waals surface area contributed by atoms with Gasteiger partial charge in [0.2, 0.25) is 0 Å². The first-order chi connectivity index (χ1) is 10.1. The Balaban J connectivity index is 2.55. The third kappa shape index (κ3) is 2.88. The van der Waals surface area contributed by atoms with Crippen molar-refractivity contribution < 1.29 is 14.5 Å². The lowest BCUT2D eigenvalue weighted by atomic mass is 10.1. The molecule has 8 heteroatoms. The maximum Gasteiger partial charge on any atom is 0.338 e. The van der Waals surface area contributed by atoms with Crippen LogP contribution in [0.4, 0.5) is 5.69 Å². The minimum atomic E-state index is -0.621. The highest BCUT2D eigenvalue weighted by molar-refractivity contribution is 5.91. The molecule has 2 rings (SSSR count). The van der Waals surface area contributed by atoms with Crippen LogP contribution in [0.1, 0.15) is 23.7 Å². The maximum absolute atomic E-state index is 11.5. The van der Waals surface area contributed by atoms with Gasteiger partial charge in [-0.15, -0.1) is 5.10 Å². The van der Waals surface area contributed by atoms with Crippen LogP contribution in [0.3, 0.4) is 0 Å². The number of methoxy groups -OCH3 is 1. The predicted molar refractivity (Wildman–Crippen MR) is 73.7 cm³/mol. The molecule has 0 aliphatic rings.